The maximum atomic E-state index is 13.7. The van der Waals surface area contributed by atoms with Crippen LogP contribution in [0.1, 0.15) is 29.8 Å². The highest BCUT2D eigenvalue weighted by Crippen LogP contribution is 2.39. The number of imide groups is 1. The number of benzene rings is 1. The molecule has 5 rings (SSSR count). The second kappa shape index (κ2) is 9.82. The Hall–Kier alpha value is -2.81. The molecule has 178 valence electrons. The number of pyridine rings is 1. The molecular formula is C26H30N4O3S. The van der Waals surface area contributed by atoms with Crippen LogP contribution in [0.25, 0.3) is 10.1 Å². The van der Waals surface area contributed by atoms with Crippen molar-refractivity contribution in [2.24, 2.45) is 0 Å². The van der Waals surface area contributed by atoms with Crippen LogP contribution in [-0.4, -0.2) is 70.5 Å². The molecule has 34 heavy (non-hydrogen) atoms. The number of hydrogen-bond donors (Lipinski definition) is 0. The van der Waals surface area contributed by atoms with Crippen LogP contribution in [0.3, 0.4) is 0 Å². The van der Waals surface area contributed by atoms with Gasteiger partial charge in [-0.1, -0.05) is 24.3 Å². The number of rotatable bonds is 8. The Morgan fingerprint density at radius 3 is 2.59 bits per heavy atom. The molecule has 3 aromatic rings. The number of ether oxygens (including phenoxy) is 1. The fourth-order valence-corrected chi connectivity index (χ4v) is 6.26. The van der Waals surface area contributed by atoms with E-state index in [-0.39, 0.29) is 18.5 Å². The lowest BCUT2D eigenvalue weighted by Gasteiger charge is -2.42. The number of aromatic nitrogens is 1. The molecule has 1 aromatic carbocycles. The predicted octanol–water partition coefficient (Wildman–Crippen LogP) is 4.13. The summed E-state index contributed by atoms with van der Waals surface area (Å²) in [5.41, 5.74) is -0.0451. The molecule has 0 unspecified atom stereocenters. The average molecular weight is 479 g/mol. The zero-order valence-electron chi connectivity index (χ0n) is 19.5. The largest absolute Gasteiger partial charge is 0.385 e. The lowest BCUT2D eigenvalue weighted by Crippen LogP contribution is -2.56. The van der Waals surface area contributed by atoms with Crippen LogP contribution in [0.2, 0.25) is 0 Å². The summed E-state index contributed by atoms with van der Waals surface area (Å²) in [6, 6.07) is 16.1. The Morgan fingerprint density at radius 2 is 1.85 bits per heavy atom. The maximum absolute atomic E-state index is 13.7. The molecular weight excluding hydrogens is 448 g/mol. The van der Waals surface area contributed by atoms with E-state index in [1.807, 2.05) is 34.4 Å². The summed E-state index contributed by atoms with van der Waals surface area (Å²) < 4.78 is 6.52. The van der Waals surface area contributed by atoms with Crippen molar-refractivity contribution in [3.63, 3.8) is 0 Å². The molecule has 7 nitrogen and oxygen atoms in total. The van der Waals surface area contributed by atoms with Gasteiger partial charge in [0.15, 0.2) is 0 Å². The molecule has 0 atom stereocenters. The summed E-state index contributed by atoms with van der Waals surface area (Å²) in [4.78, 5) is 38.4. The molecule has 8 heteroatoms. The van der Waals surface area contributed by atoms with Crippen molar-refractivity contribution in [1.82, 2.24) is 19.7 Å². The van der Waals surface area contributed by atoms with E-state index in [0.29, 0.717) is 32.4 Å². The topological polar surface area (TPSA) is 66.0 Å². The first-order valence-electron chi connectivity index (χ1n) is 11.8. The summed E-state index contributed by atoms with van der Waals surface area (Å²) in [7, 11) is 1.66. The van der Waals surface area contributed by atoms with Gasteiger partial charge in [-0.2, -0.15) is 0 Å². The van der Waals surface area contributed by atoms with E-state index in [2.05, 4.69) is 40.2 Å². The zero-order chi connectivity index (χ0) is 23.5. The average Bonchev–Trinajstić information content (AvgIpc) is 3.35. The second-order valence-corrected chi connectivity index (χ2v) is 10.2. The molecule has 3 amide bonds. The van der Waals surface area contributed by atoms with E-state index < -0.39 is 5.54 Å². The summed E-state index contributed by atoms with van der Waals surface area (Å²) in [6.07, 6.45) is 3.70. The van der Waals surface area contributed by atoms with E-state index in [4.69, 9.17) is 4.74 Å². The molecule has 0 saturated carbocycles. The molecule has 0 N–H and O–H groups in total. The normalized spacial score (nSPS) is 18.5. The number of methoxy groups -OCH3 is 1. The second-order valence-electron chi connectivity index (χ2n) is 9.05. The van der Waals surface area contributed by atoms with Crippen molar-refractivity contribution in [1.29, 1.82) is 0 Å². The quantitative estimate of drug-likeness (QED) is 0.360. The van der Waals surface area contributed by atoms with E-state index in [0.717, 1.165) is 25.3 Å². The van der Waals surface area contributed by atoms with Crippen molar-refractivity contribution < 1.29 is 14.3 Å². The lowest BCUT2D eigenvalue weighted by molar-refractivity contribution is -0.136. The van der Waals surface area contributed by atoms with Crippen LogP contribution in [0, 0.1) is 0 Å². The van der Waals surface area contributed by atoms with Crippen LogP contribution in [0.5, 0.6) is 0 Å². The molecule has 1 spiro atoms. The third-order valence-corrected chi connectivity index (χ3v) is 8.04. The summed E-state index contributed by atoms with van der Waals surface area (Å²) >= 11 is 1.83. The Bertz CT molecular complexity index is 1120. The van der Waals surface area contributed by atoms with Gasteiger partial charge in [0, 0.05) is 55.7 Å². The number of piperidine rings is 1. The predicted molar refractivity (Wildman–Crippen MR) is 132 cm³/mol. The minimum Gasteiger partial charge on any atom is -0.385 e. The Morgan fingerprint density at radius 1 is 1.06 bits per heavy atom. The summed E-state index contributed by atoms with van der Waals surface area (Å²) in [5.74, 6) is -0.0814. The molecule has 0 radical (unpaired) electrons. The van der Waals surface area contributed by atoms with Gasteiger partial charge in [-0.25, -0.2) is 4.79 Å². The maximum Gasteiger partial charge on any atom is 0.328 e. The van der Waals surface area contributed by atoms with Crippen LogP contribution in [-0.2, 0) is 22.6 Å². The van der Waals surface area contributed by atoms with Gasteiger partial charge in [0.05, 0.1) is 12.2 Å². The number of fused-ring (bicyclic) bond motifs is 1. The molecule has 0 bridgehead atoms. The SMILES string of the molecule is COCCCN1C(=O)N(Cc2ccccn2)C(=O)C12CCN(Cc1cc3ccccc3s1)CC2. The molecule has 4 heterocycles. The third-order valence-electron chi connectivity index (χ3n) is 6.94. The number of hydrogen-bond acceptors (Lipinski definition) is 6. The molecule has 0 aliphatic carbocycles. The van der Waals surface area contributed by atoms with Crippen molar-refractivity contribution in [3.8, 4) is 0 Å². The highest BCUT2D eigenvalue weighted by molar-refractivity contribution is 7.19. The van der Waals surface area contributed by atoms with Crippen molar-refractivity contribution in [2.45, 2.75) is 37.9 Å². The van der Waals surface area contributed by atoms with Crippen molar-refractivity contribution >= 4 is 33.4 Å². The van der Waals surface area contributed by atoms with Gasteiger partial charge in [-0.05, 0) is 48.9 Å². The van der Waals surface area contributed by atoms with E-state index in [1.165, 1.54) is 19.9 Å². The fraction of sp³-hybridized carbons (Fsp3) is 0.423. The van der Waals surface area contributed by atoms with Gasteiger partial charge in [0.2, 0.25) is 0 Å². The molecule has 2 aliphatic heterocycles. The number of carbonyl (C=O) groups excluding carboxylic acids is 2. The van der Waals surface area contributed by atoms with Gasteiger partial charge in [0.1, 0.15) is 5.54 Å². The van der Waals surface area contributed by atoms with Gasteiger partial charge in [0.25, 0.3) is 5.91 Å². The highest BCUT2D eigenvalue weighted by Gasteiger charge is 2.57. The first-order chi connectivity index (χ1) is 16.6. The van der Waals surface area contributed by atoms with Gasteiger partial charge < -0.3 is 9.64 Å². The lowest BCUT2D eigenvalue weighted by atomic mass is 9.85. The monoisotopic (exact) mass is 478 g/mol. The summed E-state index contributed by atoms with van der Waals surface area (Å²) in [6.45, 7) is 3.74. The zero-order valence-corrected chi connectivity index (χ0v) is 20.3. The number of nitrogens with zero attached hydrogens (tertiary/aromatic N) is 4. The van der Waals surface area contributed by atoms with E-state index >= 15 is 0 Å². The summed E-state index contributed by atoms with van der Waals surface area (Å²) in [5, 5.41) is 1.28. The molecule has 2 aromatic heterocycles. The molecule has 2 fully saturated rings. The standard InChI is InChI=1S/C26H30N4O3S/c1-33-16-6-13-30-25(32)29(18-21-8-4-5-12-27-21)24(31)26(30)10-14-28(15-11-26)19-22-17-20-7-2-3-9-23(20)34-22/h2-5,7-9,12,17H,6,10-11,13-16,18-19H2,1H3. The fourth-order valence-electron chi connectivity index (χ4n) is 5.15. The number of amides is 3. The van der Waals surface area contributed by atoms with Gasteiger partial charge in [-0.15, -0.1) is 11.3 Å². The first-order valence-corrected chi connectivity index (χ1v) is 12.6. The molecule has 2 aliphatic rings. The Labute approximate surface area is 203 Å². The van der Waals surface area contributed by atoms with Crippen LogP contribution < -0.4 is 0 Å². The van der Waals surface area contributed by atoms with E-state index in [1.54, 1.807) is 13.3 Å². The van der Waals surface area contributed by atoms with Gasteiger partial charge in [-0.3, -0.25) is 19.6 Å². The minimum atomic E-state index is -0.768. The third kappa shape index (κ3) is 4.33. The van der Waals surface area contributed by atoms with Crippen molar-refractivity contribution in [3.05, 3.63) is 65.3 Å². The molecule has 2 saturated heterocycles. The Kier molecular flexibility index (Phi) is 6.63. The van der Waals surface area contributed by atoms with E-state index in [9.17, 15) is 9.59 Å². The van der Waals surface area contributed by atoms with Crippen LogP contribution in [0.15, 0.2) is 54.7 Å². The van der Waals surface area contributed by atoms with Crippen molar-refractivity contribution in [2.75, 3.05) is 33.4 Å². The number of carbonyl (C=O) groups is 2. The number of thiophene rings is 1. The minimum absolute atomic E-state index is 0.0814. The number of likely N-dealkylation sites (tertiary alicyclic amines) is 1. The van der Waals surface area contributed by atoms with Crippen LogP contribution in [0.4, 0.5) is 4.79 Å². The number of urea groups is 1. The highest BCUT2D eigenvalue weighted by atomic mass is 32.1. The van der Waals surface area contributed by atoms with Gasteiger partial charge >= 0.3 is 6.03 Å². The smallest absolute Gasteiger partial charge is 0.328 e. The first kappa shape index (κ1) is 23.0. The Balaban J connectivity index is 1.32. The van der Waals surface area contributed by atoms with Crippen LogP contribution >= 0.6 is 11.3 Å².